The van der Waals surface area contributed by atoms with Gasteiger partial charge in [0.1, 0.15) is 0 Å². The zero-order chi connectivity index (χ0) is 35.7. The monoisotopic (exact) mass is 683 g/mol. The summed E-state index contributed by atoms with van der Waals surface area (Å²) in [5, 5.41) is 6.28. The summed E-state index contributed by atoms with van der Waals surface area (Å²) in [4.78, 5) is 0. The Labute approximate surface area is 311 Å². The van der Waals surface area contributed by atoms with Gasteiger partial charge in [0.2, 0.25) is 0 Å². The predicted molar refractivity (Wildman–Crippen MR) is 219 cm³/mol. The summed E-state index contributed by atoms with van der Waals surface area (Å²) in [6.07, 6.45) is 2.19. The fourth-order valence-electron chi connectivity index (χ4n) is 9.49. The summed E-state index contributed by atoms with van der Waals surface area (Å²) in [5.41, 5.74) is 22.6. The minimum Gasteiger partial charge on any atom is -0.381 e. The van der Waals surface area contributed by atoms with Crippen LogP contribution in [-0.4, -0.2) is 4.57 Å². The lowest BCUT2D eigenvalue weighted by molar-refractivity contribution is 0.554. The third-order valence-electron chi connectivity index (χ3n) is 11.9. The Kier molecular flexibility index (Phi) is 7.11. The molecular weight excluding hydrogens is 643 g/mol. The molecular formula is C50H41N3. The lowest BCUT2D eigenvalue weighted by Gasteiger charge is -2.50. The van der Waals surface area contributed by atoms with Crippen LogP contribution in [0, 0.1) is 0 Å². The zero-order valence-corrected chi connectivity index (χ0v) is 30.1. The van der Waals surface area contributed by atoms with Crippen LogP contribution in [0.15, 0.2) is 176 Å². The van der Waals surface area contributed by atoms with Crippen molar-refractivity contribution in [2.75, 3.05) is 0 Å². The summed E-state index contributed by atoms with van der Waals surface area (Å²) in [6, 6.07) is 61.8. The van der Waals surface area contributed by atoms with E-state index < -0.39 is 5.41 Å². The van der Waals surface area contributed by atoms with Gasteiger partial charge in [0, 0.05) is 28.4 Å². The predicted octanol–water partition coefficient (Wildman–Crippen LogP) is 10.9. The van der Waals surface area contributed by atoms with E-state index >= 15 is 0 Å². The van der Waals surface area contributed by atoms with Gasteiger partial charge in [-0.05, 0) is 68.3 Å². The van der Waals surface area contributed by atoms with Gasteiger partial charge in [0.15, 0.2) is 0 Å². The van der Waals surface area contributed by atoms with E-state index in [0.29, 0.717) is 6.54 Å². The SMILES string of the molecule is CC1(C)c2ccccc2C2(c3ccccc3-n3c4ccccc4c4cccc2c43)c2ccc(C(N)/C=C(\NCc3ccccc3)c3ccccc3)cc21. The second kappa shape index (κ2) is 11.9. The molecule has 7 aromatic carbocycles. The molecule has 256 valence electrons. The fourth-order valence-corrected chi connectivity index (χ4v) is 9.49. The number of para-hydroxylation sites is 3. The maximum atomic E-state index is 7.21. The Balaban J connectivity index is 1.20. The van der Waals surface area contributed by atoms with Gasteiger partial charge < -0.3 is 15.6 Å². The maximum Gasteiger partial charge on any atom is 0.0748 e. The average molecular weight is 684 g/mol. The van der Waals surface area contributed by atoms with Gasteiger partial charge >= 0.3 is 0 Å². The van der Waals surface area contributed by atoms with Crippen molar-refractivity contribution in [2.24, 2.45) is 5.73 Å². The van der Waals surface area contributed by atoms with Gasteiger partial charge in [0.25, 0.3) is 0 Å². The Morgan fingerprint density at radius 3 is 2.04 bits per heavy atom. The summed E-state index contributed by atoms with van der Waals surface area (Å²) in [5.74, 6) is 0. The van der Waals surface area contributed by atoms with Gasteiger partial charge in [-0.2, -0.15) is 0 Å². The minimum absolute atomic E-state index is 0.266. The topological polar surface area (TPSA) is 43.0 Å². The minimum atomic E-state index is -0.521. The first kappa shape index (κ1) is 31.6. The Morgan fingerprint density at radius 1 is 0.604 bits per heavy atom. The van der Waals surface area contributed by atoms with E-state index in [0.717, 1.165) is 16.8 Å². The molecule has 0 bridgehead atoms. The number of hydrogen-bond donors (Lipinski definition) is 2. The Morgan fingerprint density at radius 2 is 1.23 bits per heavy atom. The number of benzene rings is 7. The number of aromatic nitrogens is 1. The molecule has 53 heavy (non-hydrogen) atoms. The Bertz CT molecular complexity index is 2720. The number of nitrogens with two attached hydrogens (primary N) is 1. The van der Waals surface area contributed by atoms with Gasteiger partial charge in [-0.1, -0.05) is 172 Å². The van der Waals surface area contributed by atoms with Crippen LogP contribution in [-0.2, 0) is 17.4 Å². The van der Waals surface area contributed by atoms with Crippen LogP contribution in [0.1, 0.15) is 70.0 Å². The molecule has 3 N–H and O–H groups in total. The van der Waals surface area contributed by atoms with Crippen molar-refractivity contribution in [3.8, 4) is 5.69 Å². The number of nitrogens with one attached hydrogen (secondary N) is 1. The molecule has 10 rings (SSSR count). The molecule has 2 aliphatic rings. The second-order valence-electron chi connectivity index (χ2n) is 15.1. The molecule has 2 unspecified atom stereocenters. The first-order chi connectivity index (χ1) is 26.0. The molecule has 3 nitrogen and oxygen atoms in total. The standard InChI is InChI=1S/C50H41N3/c1-49(2)38-22-10-11-23-39(38)50(41-24-12-14-27-47(41)53-46-26-13-9-20-36(46)37-21-15-25-42(50)48(37)53)40-29-28-35(30-43(40)49)44(51)31-45(34-18-7-4-8-19-34)52-32-33-16-5-3-6-17-33/h3-31,44,52H,32,51H2,1-2H3/b45-31-. The molecule has 0 saturated heterocycles. The number of rotatable bonds is 6. The van der Waals surface area contributed by atoms with E-state index in [1.165, 1.54) is 66.4 Å². The lowest BCUT2D eigenvalue weighted by Crippen LogP contribution is -2.44. The summed E-state index contributed by atoms with van der Waals surface area (Å²) >= 11 is 0. The molecule has 8 aromatic rings. The van der Waals surface area contributed by atoms with E-state index in [-0.39, 0.29) is 11.5 Å². The van der Waals surface area contributed by atoms with Crippen molar-refractivity contribution in [3.05, 3.63) is 226 Å². The van der Waals surface area contributed by atoms with Crippen molar-refractivity contribution in [1.82, 2.24) is 9.88 Å². The summed E-state index contributed by atoms with van der Waals surface area (Å²) < 4.78 is 2.51. The highest BCUT2D eigenvalue weighted by atomic mass is 15.0. The number of hydrogen-bond acceptors (Lipinski definition) is 2. The molecule has 3 heteroatoms. The second-order valence-corrected chi connectivity index (χ2v) is 15.1. The summed E-state index contributed by atoms with van der Waals surface area (Å²) in [7, 11) is 0. The van der Waals surface area contributed by atoms with E-state index in [1.807, 2.05) is 0 Å². The number of fused-ring (bicyclic) bond motifs is 11. The van der Waals surface area contributed by atoms with Crippen LogP contribution in [0.25, 0.3) is 33.2 Å². The highest BCUT2D eigenvalue weighted by Crippen LogP contribution is 2.60. The van der Waals surface area contributed by atoms with Crippen molar-refractivity contribution in [3.63, 3.8) is 0 Å². The Hall–Kier alpha value is -6.16. The lowest BCUT2D eigenvalue weighted by atomic mass is 9.53. The molecule has 1 aromatic heterocycles. The smallest absolute Gasteiger partial charge is 0.0748 e. The van der Waals surface area contributed by atoms with Crippen LogP contribution in [0.5, 0.6) is 0 Å². The molecule has 1 aliphatic heterocycles. The van der Waals surface area contributed by atoms with Crippen LogP contribution >= 0.6 is 0 Å². The quantitative estimate of drug-likeness (QED) is 0.183. The van der Waals surface area contributed by atoms with Crippen molar-refractivity contribution in [1.29, 1.82) is 0 Å². The molecule has 2 heterocycles. The molecule has 1 aliphatic carbocycles. The van der Waals surface area contributed by atoms with Crippen molar-refractivity contribution >= 4 is 27.5 Å². The van der Waals surface area contributed by atoms with Crippen molar-refractivity contribution in [2.45, 2.75) is 37.3 Å². The van der Waals surface area contributed by atoms with Crippen LogP contribution < -0.4 is 11.1 Å². The molecule has 1 spiro atoms. The average Bonchev–Trinajstić information content (AvgIpc) is 3.55. The zero-order valence-electron chi connectivity index (χ0n) is 30.1. The normalized spacial score (nSPS) is 17.3. The molecule has 0 saturated carbocycles. The maximum absolute atomic E-state index is 7.21. The first-order valence-corrected chi connectivity index (χ1v) is 18.7. The van der Waals surface area contributed by atoms with Crippen LogP contribution in [0.3, 0.4) is 0 Å². The molecule has 0 radical (unpaired) electrons. The van der Waals surface area contributed by atoms with Gasteiger partial charge in [-0.15, -0.1) is 0 Å². The van der Waals surface area contributed by atoms with Gasteiger partial charge in [-0.25, -0.2) is 0 Å². The van der Waals surface area contributed by atoms with E-state index in [4.69, 9.17) is 5.73 Å². The molecule has 0 amide bonds. The van der Waals surface area contributed by atoms with E-state index in [9.17, 15) is 0 Å². The highest BCUT2D eigenvalue weighted by Gasteiger charge is 2.52. The van der Waals surface area contributed by atoms with Crippen molar-refractivity contribution < 1.29 is 0 Å². The molecule has 0 fully saturated rings. The highest BCUT2D eigenvalue weighted by molar-refractivity contribution is 6.12. The third-order valence-corrected chi connectivity index (χ3v) is 11.9. The van der Waals surface area contributed by atoms with Crippen LogP contribution in [0.2, 0.25) is 0 Å². The fraction of sp³-hybridized carbons (Fsp3) is 0.120. The van der Waals surface area contributed by atoms with Gasteiger partial charge in [-0.3, -0.25) is 0 Å². The number of nitrogens with zero attached hydrogens (tertiary/aromatic N) is 1. The largest absolute Gasteiger partial charge is 0.381 e. The third kappa shape index (κ3) is 4.57. The summed E-state index contributed by atoms with van der Waals surface area (Å²) in [6.45, 7) is 5.48. The van der Waals surface area contributed by atoms with E-state index in [2.05, 4.69) is 200 Å². The molecule has 2 atom stereocenters. The first-order valence-electron chi connectivity index (χ1n) is 18.7. The van der Waals surface area contributed by atoms with E-state index in [1.54, 1.807) is 0 Å². The van der Waals surface area contributed by atoms with Crippen LogP contribution in [0.4, 0.5) is 0 Å². The van der Waals surface area contributed by atoms with Gasteiger partial charge in [0.05, 0.1) is 28.2 Å².